The minimum absolute atomic E-state index is 0.130. The first kappa shape index (κ1) is 19.9. The SMILES string of the molecule is CCNC(=NCc1nc(C(C)OCC)no1)NC(C)c1ccccc1C. The van der Waals surface area contributed by atoms with Gasteiger partial charge in [0, 0.05) is 13.2 Å². The van der Waals surface area contributed by atoms with E-state index >= 15 is 0 Å². The van der Waals surface area contributed by atoms with Gasteiger partial charge in [0.05, 0.1) is 6.04 Å². The number of ether oxygens (including phenoxy) is 1. The number of hydrogen-bond acceptors (Lipinski definition) is 5. The summed E-state index contributed by atoms with van der Waals surface area (Å²) < 4.78 is 10.7. The molecule has 142 valence electrons. The van der Waals surface area contributed by atoms with Gasteiger partial charge in [-0.25, -0.2) is 4.99 Å². The Kier molecular flexibility index (Phi) is 7.59. The molecule has 1 aromatic carbocycles. The fourth-order valence-electron chi connectivity index (χ4n) is 2.64. The highest BCUT2D eigenvalue weighted by Gasteiger charge is 2.14. The molecule has 7 nitrogen and oxygen atoms in total. The summed E-state index contributed by atoms with van der Waals surface area (Å²) in [5.41, 5.74) is 2.48. The van der Waals surface area contributed by atoms with Crippen LogP contribution in [0.2, 0.25) is 0 Å². The van der Waals surface area contributed by atoms with E-state index in [0.717, 1.165) is 6.54 Å². The molecule has 0 saturated heterocycles. The number of benzene rings is 1. The molecule has 7 heteroatoms. The largest absolute Gasteiger partial charge is 0.371 e. The van der Waals surface area contributed by atoms with Crippen molar-refractivity contribution in [2.75, 3.05) is 13.2 Å². The Morgan fingerprint density at radius 1 is 1.27 bits per heavy atom. The molecule has 0 bridgehead atoms. The molecule has 0 radical (unpaired) electrons. The Morgan fingerprint density at radius 3 is 2.73 bits per heavy atom. The molecule has 0 saturated carbocycles. The molecule has 0 aliphatic rings. The van der Waals surface area contributed by atoms with Gasteiger partial charge in [-0.3, -0.25) is 0 Å². The maximum Gasteiger partial charge on any atom is 0.248 e. The summed E-state index contributed by atoms with van der Waals surface area (Å²) in [6.07, 6.45) is -0.186. The van der Waals surface area contributed by atoms with E-state index in [1.807, 2.05) is 32.9 Å². The van der Waals surface area contributed by atoms with Crippen molar-refractivity contribution in [1.82, 2.24) is 20.8 Å². The zero-order valence-electron chi connectivity index (χ0n) is 16.2. The van der Waals surface area contributed by atoms with Crippen molar-refractivity contribution in [1.29, 1.82) is 0 Å². The summed E-state index contributed by atoms with van der Waals surface area (Å²) in [5, 5.41) is 10.6. The predicted molar refractivity (Wildman–Crippen MR) is 102 cm³/mol. The standard InChI is InChI=1S/C19H29N5O2/c1-6-20-19(22-14(4)16-11-9-8-10-13(16)3)21-12-17-23-18(24-26-17)15(5)25-7-2/h8-11,14-15H,6-7,12H2,1-5H3,(H2,20,21,22). The molecule has 0 amide bonds. The van der Waals surface area contributed by atoms with Crippen LogP contribution in [-0.4, -0.2) is 29.3 Å². The van der Waals surface area contributed by atoms with Crippen molar-refractivity contribution in [3.05, 3.63) is 47.1 Å². The highest BCUT2D eigenvalue weighted by molar-refractivity contribution is 5.80. The van der Waals surface area contributed by atoms with Crippen LogP contribution in [0.15, 0.2) is 33.8 Å². The number of guanidine groups is 1. The molecule has 0 fully saturated rings. The summed E-state index contributed by atoms with van der Waals surface area (Å²) in [7, 11) is 0. The molecule has 0 aliphatic heterocycles. The second-order valence-corrected chi connectivity index (χ2v) is 6.06. The Hall–Kier alpha value is -2.41. The number of aryl methyl sites for hydroxylation is 1. The van der Waals surface area contributed by atoms with Crippen LogP contribution in [-0.2, 0) is 11.3 Å². The summed E-state index contributed by atoms with van der Waals surface area (Å²) in [6.45, 7) is 11.8. The molecule has 2 atom stereocenters. The Balaban J connectivity index is 2.03. The van der Waals surface area contributed by atoms with E-state index in [1.165, 1.54) is 11.1 Å². The summed E-state index contributed by atoms with van der Waals surface area (Å²) in [6, 6.07) is 8.45. The van der Waals surface area contributed by atoms with Crippen molar-refractivity contribution >= 4 is 5.96 Å². The summed E-state index contributed by atoms with van der Waals surface area (Å²) >= 11 is 0. The Morgan fingerprint density at radius 2 is 2.04 bits per heavy atom. The average molecular weight is 359 g/mol. The van der Waals surface area contributed by atoms with Crippen LogP contribution in [0.3, 0.4) is 0 Å². The molecular weight excluding hydrogens is 330 g/mol. The van der Waals surface area contributed by atoms with E-state index in [2.05, 4.69) is 51.7 Å². The third-order valence-corrected chi connectivity index (χ3v) is 3.99. The monoisotopic (exact) mass is 359 g/mol. The second kappa shape index (κ2) is 9.91. The van der Waals surface area contributed by atoms with Gasteiger partial charge in [-0.2, -0.15) is 4.98 Å². The fourth-order valence-corrected chi connectivity index (χ4v) is 2.64. The van der Waals surface area contributed by atoms with Gasteiger partial charge in [-0.1, -0.05) is 29.4 Å². The predicted octanol–water partition coefficient (Wildman–Crippen LogP) is 3.29. The molecule has 1 heterocycles. The first-order valence-corrected chi connectivity index (χ1v) is 9.09. The number of hydrogen-bond donors (Lipinski definition) is 2. The number of aromatic nitrogens is 2. The van der Waals surface area contributed by atoms with Gasteiger partial charge < -0.3 is 19.9 Å². The van der Waals surface area contributed by atoms with Crippen LogP contribution in [0.1, 0.15) is 62.7 Å². The van der Waals surface area contributed by atoms with Crippen LogP contribution in [0.5, 0.6) is 0 Å². The Labute approximate surface area is 155 Å². The molecule has 2 aromatic rings. The van der Waals surface area contributed by atoms with Crippen molar-refractivity contribution in [2.45, 2.75) is 53.3 Å². The quantitative estimate of drug-likeness (QED) is 0.556. The lowest BCUT2D eigenvalue weighted by molar-refractivity contribution is 0.0683. The van der Waals surface area contributed by atoms with Gasteiger partial charge in [-0.05, 0) is 45.7 Å². The van der Waals surface area contributed by atoms with Gasteiger partial charge in [0.25, 0.3) is 0 Å². The zero-order chi connectivity index (χ0) is 18.9. The van der Waals surface area contributed by atoms with E-state index in [0.29, 0.717) is 30.8 Å². The molecular formula is C19H29N5O2. The van der Waals surface area contributed by atoms with E-state index in [1.54, 1.807) is 0 Å². The number of nitrogens with one attached hydrogen (secondary N) is 2. The molecule has 0 aliphatic carbocycles. The van der Waals surface area contributed by atoms with Crippen LogP contribution >= 0.6 is 0 Å². The maximum absolute atomic E-state index is 5.47. The lowest BCUT2D eigenvalue weighted by Crippen LogP contribution is -2.38. The summed E-state index contributed by atoms with van der Waals surface area (Å²) in [4.78, 5) is 8.90. The average Bonchev–Trinajstić information content (AvgIpc) is 3.09. The molecule has 2 unspecified atom stereocenters. The van der Waals surface area contributed by atoms with Crippen LogP contribution in [0.4, 0.5) is 0 Å². The zero-order valence-corrected chi connectivity index (χ0v) is 16.2. The van der Waals surface area contributed by atoms with Crippen molar-refractivity contribution in [3.8, 4) is 0 Å². The van der Waals surface area contributed by atoms with E-state index in [-0.39, 0.29) is 12.1 Å². The van der Waals surface area contributed by atoms with Crippen LogP contribution < -0.4 is 10.6 Å². The first-order valence-electron chi connectivity index (χ1n) is 9.09. The Bertz CT molecular complexity index is 713. The topological polar surface area (TPSA) is 84.6 Å². The van der Waals surface area contributed by atoms with Gasteiger partial charge in [-0.15, -0.1) is 0 Å². The highest BCUT2D eigenvalue weighted by Crippen LogP contribution is 2.16. The molecule has 2 N–H and O–H groups in total. The molecule has 2 rings (SSSR count). The van der Waals surface area contributed by atoms with Crippen molar-refractivity contribution < 1.29 is 9.26 Å². The third-order valence-electron chi connectivity index (χ3n) is 3.99. The van der Waals surface area contributed by atoms with Gasteiger partial charge in [0.1, 0.15) is 12.6 Å². The fraction of sp³-hybridized carbons (Fsp3) is 0.526. The van der Waals surface area contributed by atoms with Crippen molar-refractivity contribution in [2.24, 2.45) is 4.99 Å². The first-order chi connectivity index (χ1) is 12.5. The minimum atomic E-state index is -0.186. The molecule has 0 spiro atoms. The van der Waals surface area contributed by atoms with Crippen LogP contribution in [0, 0.1) is 6.92 Å². The lowest BCUT2D eigenvalue weighted by atomic mass is 10.0. The molecule has 26 heavy (non-hydrogen) atoms. The van der Waals surface area contributed by atoms with E-state index in [9.17, 15) is 0 Å². The highest BCUT2D eigenvalue weighted by atomic mass is 16.5. The normalized spacial score (nSPS) is 14.1. The number of rotatable bonds is 8. The van der Waals surface area contributed by atoms with E-state index < -0.39 is 0 Å². The van der Waals surface area contributed by atoms with Gasteiger partial charge in [0.2, 0.25) is 5.89 Å². The van der Waals surface area contributed by atoms with E-state index in [4.69, 9.17) is 9.26 Å². The second-order valence-electron chi connectivity index (χ2n) is 6.06. The number of aliphatic imine (C=N–C) groups is 1. The number of nitrogens with zero attached hydrogens (tertiary/aromatic N) is 3. The van der Waals surface area contributed by atoms with Gasteiger partial charge >= 0.3 is 0 Å². The minimum Gasteiger partial charge on any atom is -0.371 e. The third kappa shape index (κ3) is 5.56. The maximum atomic E-state index is 5.47. The van der Waals surface area contributed by atoms with Crippen molar-refractivity contribution in [3.63, 3.8) is 0 Å². The van der Waals surface area contributed by atoms with Gasteiger partial charge in [0.15, 0.2) is 11.8 Å². The summed E-state index contributed by atoms with van der Waals surface area (Å²) in [5.74, 6) is 1.72. The lowest BCUT2D eigenvalue weighted by Gasteiger charge is -2.19. The smallest absolute Gasteiger partial charge is 0.248 e. The molecule has 1 aromatic heterocycles. The van der Waals surface area contributed by atoms with Crippen LogP contribution in [0.25, 0.3) is 0 Å².